The van der Waals surface area contributed by atoms with E-state index in [4.69, 9.17) is 0 Å². The number of allylic oxidation sites excluding steroid dienone is 8. The molecule has 0 aromatic carbocycles. The highest BCUT2D eigenvalue weighted by Crippen LogP contribution is 1.88. The molecule has 0 aliphatic heterocycles. The van der Waals surface area contributed by atoms with Crippen LogP contribution in [0.5, 0.6) is 0 Å². The molecule has 0 bridgehead atoms. The third-order valence-corrected chi connectivity index (χ3v) is 1.36. The highest BCUT2D eigenvalue weighted by molar-refractivity contribution is 5.90. The lowest BCUT2D eigenvalue weighted by Gasteiger charge is -1.83. The van der Waals surface area contributed by atoms with E-state index in [1.54, 1.807) is 12.2 Å². The predicted octanol–water partition coefficient (Wildman–Crippen LogP) is 3.21. The van der Waals surface area contributed by atoms with E-state index in [1.165, 1.54) is 0 Å². The van der Waals surface area contributed by atoms with E-state index in [0.717, 1.165) is 0 Å². The van der Waals surface area contributed by atoms with Gasteiger partial charge in [-0.15, -0.1) is 0 Å². The molecular weight excluding hydrogens is 160 g/mol. The van der Waals surface area contributed by atoms with E-state index in [1.807, 2.05) is 50.3 Å². The van der Waals surface area contributed by atoms with Crippen LogP contribution in [-0.4, -0.2) is 5.78 Å². The van der Waals surface area contributed by atoms with Gasteiger partial charge in [0.15, 0.2) is 5.78 Å². The second-order valence-corrected chi connectivity index (χ2v) is 2.51. The summed E-state index contributed by atoms with van der Waals surface area (Å²) in [6.07, 6.45) is 15.1. The van der Waals surface area contributed by atoms with Gasteiger partial charge in [-0.3, -0.25) is 4.79 Å². The fraction of sp³-hybridized carbons (Fsp3) is 0.250. The van der Waals surface area contributed by atoms with Gasteiger partial charge >= 0.3 is 0 Å². The van der Waals surface area contributed by atoms with Crippen LogP contribution < -0.4 is 0 Å². The molecule has 0 heterocycles. The van der Waals surface area contributed by atoms with Gasteiger partial charge < -0.3 is 0 Å². The smallest absolute Gasteiger partial charge is 0.159 e. The fourth-order valence-corrected chi connectivity index (χ4v) is 0.704. The molecule has 0 radical (unpaired) electrons. The van der Waals surface area contributed by atoms with Crippen molar-refractivity contribution in [3.8, 4) is 0 Å². The van der Waals surface area contributed by atoms with Gasteiger partial charge in [0.2, 0.25) is 0 Å². The summed E-state index contributed by atoms with van der Waals surface area (Å²) in [6.45, 7) is 3.86. The average molecular weight is 176 g/mol. The third-order valence-electron chi connectivity index (χ3n) is 1.36. The largest absolute Gasteiger partial charge is 0.295 e. The standard InChI is InChI=1S/C12H16O/c1-3-5-7-8-9-11-12(13)10-6-4-2/h3-9,11H,10H2,1-2H3/b5-3+,6-4+,8-7+,11-9+. The van der Waals surface area contributed by atoms with Crippen LogP contribution in [-0.2, 0) is 4.79 Å². The molecule has 1 heteroatoms. The molecule has 0 amide bonds. The van der Waals surface area contributed by atoms with E-state index in [0.29, 0.717) is 6.42 Å². The van der Waals surface area contributed by atoms with Gasteiger partial charge in [0.25, 0.3) is 0 Å². The Morgan fingerprint density at radius 3 is 2.31 bits per heavy atom. The van der Waals surface area contributed by atoms with Crippen LogP contribution in [0.2, 0.25) is 0 Å². The van der Waals surface area contributed by atoms with Crippen molar-refractivity contribution in [2.24, 2.45) is 0 Å². The second-order valence-electron chi connectivity index (χ2n) is 2.51. The molecule has 13 heavy (non-hydrogen) atoms. The van der Waals surface area contributed by atoms with Gasteiger partial charge in [-0.25, -0.2) is 0 Å². The molecule has 0 aromatic rings. The summed E-state index contributed by atoms with van der Waals surface area (Å²) in [6, 6.07) is 0. The fourth-order valence-electron chi connectivity index (χ4n) is 0.704. The predicted molar refractivity (Wildman–Crippen MR) is 57.5 cm³/mol. The van der Waals surface area contributed by atoms with Crippen molar-refractivity contribution < 1.29 is 4.79 Å². The normalized spacial score (nSPS) is 12.8. The molecule has 0 aromatic heterocycles. The van der Waals surface area contributed by atoms with Crippen molar-refractivity contribution in [2.45, 2.75) is 20.3 Å². The highest BCUT2D eigenvalue weighted by atomic mass is 16.1. The molecule has 0 aliphatic rings. The summed E-state index contributed by atoms with van der Waals surface area (Å²) in [5, 5.41) is 0. The summed E-state index contributed by atoms with van der Waals surface area (Å²) in [7, 11) is 0. The molecule has 0 saturated carbocycles. The van der Waals surface area contributed by atoms with Gasteiger partial charge in [-0.05, 0) is 19.9 Å². The van der Waals surface area contributed by atoms with Gasteiger partial charge in [0, 0.05) is 6.42 Å². The van der Waals surface area contributed by atoms with Crippen LogP contribution in [0.25, 0.3) is 0 Å². The maximum absolute atomic E-state index is 11.0. The molecule has 0 fully saturated rings. The van der Waals surface area contributed by atoms with E-state index in [9.17, 15) is 4.79 Å². The number of ketones is 1. The summed E-state index contributed by atoms with van der Waals surface area (Å²) < 4.78 is 0. The van der Waals surface area contributed by atoms with Crippen LogP contribution in [0, 0.1) is 0 Å². The Morgan fingerprint density at radius 1 is 1.00 bits per heavy atom. The molecule has 0 saturated heterocycles. The maximum atomic E-state index is 11.0. The lowest BCUT2D eigenvalue weighted by molar-refractivity contribution is -0.113. The Kier molecular flexibility index (Phi) is 7.80. The molecule has 70 valence electrons. The first kappa shape index (κ1) is 11.6. The Labute approximate surface area is 80.2 Å². The number of carbonyl (C=O) groups is 1. The van der Waals surface area contributed by atoms with Gasteiger partial charge in [0.1, 0.15) is 0 Å². The summed E-state index contributed by atoms with van der Waals surface area (Å²) in [4.78, 5) is 11.0. The monoisotopic (exact) mass is 176 g/mol. The van der Waals surface area contributed by atoms with Crippen LogP contribution in [0.3, 0.4) is 0 Å². The molecule has 1 nitrogen and oxygen atoms in total. The molecule has 0 aliphatic carbocycles. The van der Waals surface area contributed by atoms with Crippen molar-refractivity contribution in [1.82, 2.24) is 0 Å². The zero-order valence-electron chi connectivity index (χ0n) is 8.23. The number of hydrogen-bond acceptors (Lipinski definition) is 1. The minimum absolute atomic E-state index is 0.128. The molecule has 0 rings (SSSR count). The SMILES string of the molecule is C/C=C/C=C/C=C/C(=O)C/C=C/C. The number of hydrogen-bond donors (Lipinski definition) is 0. The van der Waals surface area contributed by atoms with Crippen LogP contribution in [0.15, 0.2) is 48.6 Å². The zero-order valence-corrected chi connectivity index (χ0v) is 8.23. The maximum Gasteiger partial charge on any atom is 0.159 e. The van der Waals surface area contributed by atoms with E-state index < -0.39 is 0 Å². The van der Waals surface area contributed by atoms with Gasteiger partial charge in [-0.1, -0.05) is 42.5 Å². The second kappa shape index (κ2) is 8.72. The Balaban J connectivity index is 3.77. The van der Waals surface area contributed by atoms with Crippen molar-refractivity contribution in [3.05, 3.63) is 48.6 Å². The first-order valence-corrected chi connectivity index (χ1v) is 4.41. The first-order chi connectivity index (χ1) is 6.31. The quantitative estimate of drug-likeness (QED) is 0.357. The van der Waals surface area contributed by atoms with E-state index in [2.05, 4.69) is 0 Å². The first-order valence-electron chi connectivity index (χ1n) is 4.41. The summed E-state index contributed by atoms with van der Waals surface area (Å²) in [5.41, 5.74) is 0. The molecule has 0 atom stereocenters. The number of carbonyl (C=O) groups excluding carboxylic acids is 1. The Bertz CT molecular complexity index is 242. The van der Waals surface area contributed by atoms with Crippen LogP contribution in [0.4, 0.5) is 0 Å². The molecule has 0 spiro atoms. The Hall–Kier alpha value is -1.37. The highest BCUT2D eigenvalue weighted by Gasteiger charge is 1.88. The van der Waals surface area contributed by atoms with Crippen LogP contribution >= 0.6 is 0 Å². The summed E-state index contributed by atoms with van der Waals surface area (Å²) >= 11 is 0. The average Bonchev–Trinajstić information content (AvgIpc) is 2.14. The number of rotatable bonds is 5. The minimum atomic E-state index is 0.128. The van der Waals surface area contributed by atoms with E-state index in [-0.39, 0.29) is 5.78 Å². The molecule has 0 N–H and O–H groups in total. The lowest BCUT2D eigenvalue weighted by atomic mass is 10.2. The van der Waals surface area contributed by atoms with Gasteiger partial charge in [-0.2, -0.15) is 0 Å². The van der Waals surface area contributed by atoms with Crippen LogP contribution in [0.1, 0.15) is 20.3 Å². The minimum Gasteiger partial charge on any atom is -0.295 e. The van der Waals surface area contributed by atoms with Crippen molar-refractivity contribution in [1.29, 1.82) is 0 Å². The lowest BCUT2D eigenvalue weighted by Crippen LogP contribution is -1.87. The Morgan fingerprint density at radius 2 is 1.69 bits per heavy atom. The van der Waals surface area contributed by atoms with Crippen molar-refractivity contribution in [2.75, 3.05) is 0 Å². The summed E-state index contributed by atoms with van der Waals surface area (Å²) in [5.74, 6) is 0.128. The van der Waals surface area contributed by atoms with Gasteiger partial charge in [0.05, 0.1) is 0 Å². The van der Waals surface area contributed by atoms with Crippen molar-refractivity contribution >= 4 is 5.78 Å². The zero-order chi connectivity index (χ0) is 9.94. The molecule has 0 unspecified atom stereocenters. The van der Waals surface area contributed by atoms with E-state index >= 15 is 0 Å². The third kappa shape index (κ3) is 8.54. The van der Waals surface area contributed by atoms with Crippen molar-refractivity contribution in [3.63, 3.8) is 0 Å². The topological polar surface area (TPSA) is 17.1 Å². The molecular formula is C12H16O.